The van der Waals surface area contributed by atoms with Gasteiger partial charge in [-0.1, -0.05) is 0 Å². The number of fused-ring (bicyclic) bond motifs is 1. The van der Waals surface area contributed by atoms with Crippen molar-refractivity contribution in [3.63, 3.8) is 0 Å². The number of aryl methyl sites for hydroxylation is 1. The second-order valence-corrected chi connectivity index (χ2v) is 6.88. The van der Waals surface area contributed by atoms with Gasteiger partial charge in [0.15, 0.2) is 0 Å². The first kappa shape index (κ1) is 19.4. The van der Waals surface area contributed by atoms with Crippen molar-refractivity contribution in [2.24, 2.45) is 7.05 Å². The van der Waals surface area contributed by atoms with E-state index in [0.717, 1.165) is 30.0 Å². The van der Waals surface area contributed by atoms with Gasteiger partial charge in [-0.15, -0.1) is 12.4 Å². The molecule has 0 bridgehead atoms. The van der Waals surface area contributed by atoms with Crippen molar-refractivity contribution in [3.8, 4) is 0 Å². The molecular weight excluding hydrogens is 366 g/mol. The van der Waals surface area contributed by atoms with E-state index in [9.17, 15) is 9.59 Å². The molecule has 4 rings (SSSR count). The Morgan fingerprint density at radius 3 is 2.78 bits per heavy atom. The highest BCUT2D eigenvalue weighted by atomic mass is 35.5. The summed E-state index contributed by atoms with van der Waals surface area (Å²) in [4.78, 5) is 33.0. The Kier molecular flexibility index (Phi) is 5.53. The van der Waals surface area contributed by atoms with E-state index >= 15 is 0 Å². The molecule has 8 heteroatoms. The predicted molar refractivity (Wildman–Crippen MR) is 105 cm³/mol. The van der Waals surface area contributed by atoms with E-state index in [-0.39, 0.29) is 30.3 Å². The zero-order chi connectivity index (χ0) is 18.3. The largest absolute Gasteiger partial charge is 0.336 e. The second-order valence-electron chi connectivity index (χ2n) is 6.88. The molecular formula is C19H24ClN5O2. The average Bonchev–Trinajstić information content (AvgIpc) is 3.26. The average molecular weight is 390 g/mol. The summed E-state index contributed by atoms with van der Waals surface area (Å²) in [7, 11) is 1.95. The van der Waals surface area contributed by atoms with Crippen molar-refractivity contribution in [3.05, 3.63) is 47.5 Å². The molecule has 2 amide bonds. The van der Waals surface area contributed by atoms with Gasteiger partial charge in [0.2, 0.25) is 5.91 Å². The fraction of sp³-hybridized carbons (Fsp3) is 0.421. The van der Waals surface area contributed by atoms with Crippen molar-refractivity contribution in [1.29, 1.82) is 0 Å². The second kappa shape index (κ2) is 7.70. The van der Waals surface area contributed by atoms with Gasteiger partial charge < -0.3 is 19.7 Å². The Hall–Kier alpha value is -2.38. The topological polar surface area (TPSA) is 70.5 Å². The van der Waals surface area contributed by atoms with Crippen molar-refractivity contribution in [2.75, 3.05) is 31.1 Å². The van der Waals surface area contributed by atoms with Crippen molar-refractivity contribution in [1.82, 2.24) is 19.8 Å². The number of carbonyl (C=O) groups is 2. The number of aromatic nitrogens is 2. The lowest BCUT2D eigenvalue weighted by Crippen LogP contribution is -2.49. The molecule has 7 nitrogen and oxygen atoms in total. The van der Waals surface area contributed by atoms with Crippen LogP contribution < -0.4 is 10.2 Å². The first-order valence-corrected chi connectivity index (χ1v) is 8.96. The van der Waals surface area contributed by atoms with E-state index in [0.29, 0.717) is 25.2 Å². The van der Waals surface area contributed by atoms with Gasteiger partial charge in [-0.25, -0.2) is 4.98 Å². The number of imidazole rings is 1. The van der Waals surface area contributed by atoms with Crippen molar-refractivity contribution in [2.45, 2.75) is 19.4 Å². The number of hydrogen-bond donors (Lipinski definition) is 1. The van der Waals surface area contributed by atoms with Crippen LogP contribution in [0.4, 0.5) is 5.69 Å². The Labute approximate surface area is 164 Å². The number of anilines is 1. The maximum atomic E-state index is 13.2. The lowest BCUT2D eigenvalue weighted by molar-refractivity contribution is -0.116. The summed E-state index contributed by atoms with van der Waals surface area (Å²) in [5.74, 6) is 0.942. The first-order chi connectivity index (χ1) is 12.6. The molecule has 2 aromatic rings. The molecule has 1 atom stereocenters. The standard InChI is InChI=1S/C19H23N5O2.ClH/c1-13(25)23-8-5-14-11-15(3-4-16(14)23)19(26)24-10-6-20-12-17(24)18-21-7-9-22(18)2;/h3-4,7,9,11,17,20H,5-6,8,10,12H2,1-2H3;1H. The summed E-state index contributed by atoms with van der Waals surface area (Å²) in [5, 5.41) is 3.36. The van der Waals surface area contributed by atoms with Gasteiger partial charge in [0.05, 0.1) is 0 Å². The Morgan fingerprint density at radius 2 is 2.07 bits per heavy atom. The number of amides is 2. The predicted octanol–water partition coefficient (Wildman–Crippen LogP) is 1.54. The normalized spacial score (nSPS) is 18.8. The maximum Gasteiger partial charge on any atom is 0.254 e. The number of carbonyl (C=O) groups excluding carboxylic acids is 2. The molecule has 2 aliphatic heterocycles. The molecule has 1 unspecified atom stereocenters. The molecule has 0 aliphatic carbocycles. The van der Waals surface area contributed by atoms with Crippen LogP contribution in [0, 0.1) is 0 Å². The van der Waals surface area contributed by atoms with E-state index in [1.807, 2.05) is 40.9 Å². The summed E-state index contributed by atoms with van der Waals surface area (Å²) in [6.45, 7) is 4.38. The van der Waals surface area contributed by atoms with Crippen LogP contribution in [-0.2, 0) is 18.3 Å². The Morgan fingerprint density at radius 1 is 1.26 bits per heavy atom. The van der Waals surface area contributed by atoms with Crippen LogP contribution in [0.15, 0.2) is 30.6 Å². The lowest BCUT2D eigenvalue weighted by Gasteiger charge is -2.36. The molecule has 144 valence electrons. The van der Waals surface area contributed by atoms with E-state index in [4.69, 9.17) is 0 Å². The number of rotatable bonds is 2. The van der Waals surface area contributed by atoms with Crippen molar-refractivity contribution < 1.29 is 9.59 Å². The molecule has 0 spiro atoms. The molecule has 0 radical (unpaired) electrons. The van der Waals surface area contributed by atoms with E-state index < -0.39 is 0 Å². The molecule has 1 N–H and O–H groups in total. The minimum Gasteiger partial charge on any atom is -0.336 e. The molecule has 1 aromatic carbocycles. The highest BCUT2D eigenvalue weighted by molar-refractivity contribution is 5.98. The summed E-state index contributed by atoms with van der Waals surface area (Å²) in [6, 6.07) is 5.59. The molecule has 1 saturated heterocycles. The van der Waals surface area contributed by atoms with Gasteiger partial charge >= 0.3 is 0 Å². The third kappa shape index (κ3) is 3.44. The van der Waals surface area contributed by atoms with Crippen LogP contribution in [0.25, 0.3) is 0 Å². The number of nitrogens with one attached hydrogen (secondary N) is 1. The van der Waals surface area contributed by atoms with Gasteiger partial charge in [-0.05, 0) is 30.2 Å². The monoisotopic (exact) mass is 389 g/mol. The van der Waals surface area contributed by atoms with Gasteiger partial charge in [-0.2, -0.15) is 0 Å². The molecule has 27 heavy (non-hydrogen) atoms. The fourth-order valence-corrected chi connectivity index (χ4v) is 3.90. The first-order valence-electron chi connectivity index (χ1n) is 8.96. The summed E-state index contributed by atoms with van der Waals surface area (Å²) in [6.07, 6.45) is 4.46. The van der Waals surface area contributed by atoms with Crippen LogP contribution in [-0.4, -0.2) is 52.4 Å². The van der Waals surface area contributed by atoms with Gasteiger partial charge in [0, 0.05) is 63.8 Å². The highest BCUT2D eigenvalue weighted by Crippen LogP contribution is 2.30. The number of hydrogen-bond acceptors (Lipinski definition) is 4. The summed E-state index contributed by atoms with van der Waals surface area (Å²) >= 11 is 0. The summed E-state index contributed by atoms with van der Waals surface area (Å²) < 4.78 is 1.96. The molecule has 1 aromatic heterocycles. The Balaban J connectivity index is 0.00000210. The van der Waals surface area contributed by atoms with Crippen LogP contribution >= 0.6 is 12.4 Å². The number of nitrogens with zero attached hydrogens (tertiary/aromatic N) is 4. The molecule has 0 saturated carbocycles. The quantitative estimate of drug-likeness (QED) is 0.845. The third-order valence-corrected chi connectivity index (χ3v) is 5.26. The van der Waals surface area contributed by atoms with Crippen LogP contribution in [0.3, 0.4) is 0 Å². The van der Waals surface area contributed by atoms with E-state index in [2.05, 4.69) is 10.3 Å². The Bertz CT molecular complexity index is 866. The van der Waals surface area contributed by atoms with Crippen molar-refractivity contribution >= 4 is 29.9 Å². The molecule has 3 heterocycles. The summed E-state index contributed by atoms with van der Waals surface area (Å²) in [5.41, 5.74) is 2.67. The van der Waals surface area contributed by atoms with Crippen LogP contribution in [0.2, 0.25) is 0 Å². The number of halogens is 1. The maximum absolute atomic E-state index is 13.2. The van der Waals surface area contributed by atoms with Gasteiger partial charge in [-0.3, -0.25) is 9.59 Å². The molecule has 2 aliphatic rings. The number of benzene rings is 1. The fourth-order valence-electron chi connectivity index (χ4n) is 3.90. The lowest BCUT2D eigenvalue weighted by atomic mass is 10.1. The van der Waals surface area contributed by atoms with Crippen LogP contribution in [0.1, 0.15) is 34.7 Å². The number of piperazine rings is 1. The zero-order valence-corrected chi connectivity index (χ0v) is 16.3. The smallest absolute Gasteiger partial charge is 0.254 e. The van der Waals surface area contributed by atoms with E-state index in [1.165, 1.54) is 0 Å². The van der Waals surface area contributed by atoms with Gasteiger partial charge in [0.1, 0.15) is 11.9 Å². The minimum atomic E-state index is -0.0850. The third-order valence-electron chi connectivity index (χ3n) is 5.26. The molecule has 1 fully saturated rings. The van der Waals surface area contributed by atoms with Gasteiger partial charge in [0.25, 0.3) is 5.91 Å². The highest BCUT2D eigenvalue weighted by Gasteiger charge is 2.32. The van der Waals surface area contributed by atoms with E-state index in [1.54, 1.807) is 18.0 Å². The minimum absolute atomic E-state index is 0. The SMILES string of the molecule is CC(=O)N1CCc2cc(C(=O)N3CCNCC3c3nccn3C)ccc21.Cl. The zero-order valence-electron chi connectivity index (χ0n) is 15.5. The van der Waals surface area contributed by atoms with Crippen LogP contribution in [0.5, 0.6) is 0 Å².